The molecule has 1 heterocycles. The van der Waals surface area contributed by atoms with Crippen molar-refractivity contribution >= 4 is 40.7 Å². The molecule has 1 saturated heterocycles. The number of likely N-dealkylation sites (tertiary alicyclic amines) is 1. The molecule has 2 amide bonds. The third kappa shape index (κ3) is 7.41. The van der Waals surface area contributed by atoms with Crippen molar-refractivity contribution in [2.45, 2.75) is 25.4 Å². The number of hydrogen-bond donors (Lipinski definition) is 3. The topological polar surface area (TPSA) is 96.7 Å². The zero-order valence-corrected chi connectivity index (χ0v) is 18.7. The summed E-state index contributed by atoms with van der Waals surface area (Å²) in [4.78, 5) is 26.7. The fourth-order valence-electron chi connectivity index (χ4n) is 3.45. The van der Waals surface area contributed by atoms with Crippen LogP contribution in [0.15, 0.2) is 36.4 Å². The average molecular weight is 505 g/mol. The van der Waals surface area contributed by atoms with Crippen molar-refractivity contribution in [1.82, 2.24) is 15.5 Å². The molecule has 0 saturated carbocycles. The van der Waals surface area contributed by atoms with Gasteiger partial charge in [0.05, 0.1) is 12.1 Å². The van der Waals surface area contributed by atoms with Crippen molar-refractivity contribution in [2.24, 2.45) is 0 Å². The minimum atomic E-state index is -4.90. The summed E-state index contributed by atoms with van der Waals surface area (Å²) in [6, 6.07) is 8.16. The lowest BCUT2D eigenvalue weighted by atomic mass is 10.1. The second-order valence-corrected chi connectivity index (χ2v) is 8.35. The van der Waals surface area contributed by atoms with E-state index in [1.807, 2.05) is 6.07 Å². The van der Waals surface area contributed by atoms with Gasteiger partial charge in [0.2, 0.25) is 5.91 Å². The Balaban J connectivity index is 1.48. The van der Waals surface area contributed by atoms with Gasteiger partial charge in [-0.3, -0.25) is 14.5 Å². The second-order valence-electron chi connectivity index (χ2n) is 7.50. The third-order valence-corrected chi connectivity index (χ3v) is 5.55. The number of nitrogen functional groups attached to an aromatic ring is 1. The van der Waals surface area contributed by atoms with Gasteiger partial charge in [0, 0.05) is 41.4 Å². The van der Waals surface area contributed by atoms with Crippen LogP contribution in [0.25, 0.3) is 0 Å². The van der Waals surface area contributed by atoms with Crippen LogP contribution in [-0.2, 0) is 11.3 Å². The normalized spacial score (nSPS) is 16.5. The molecule has 2 aromatic rings. The first-order valence-corrected chi connectivity index (χ1v) is 10.6. The highest BCUT2D eigenvalue weighted by Crippen LogP contribution is 2.26. The highest BCUT2D eigenvalue weighted by Gasteiger charge is 2.31. The Kier molecular flexibility index (Phi) is 7.93. The van der Waals surface area contributed by atoms with E-state index < -0.39 is 23.9 Å². The number of hydrogen-bond acceptors (Lipinski definition) is 5. The quantitative estimate of drug-likeness (QED) is 0.500. The van der Waals surface area contributed by atoms with E-state index in [1.54, 1.807) is 12.1 Å². The molecule has 1 atom stereocenters. The predicted molar refractivity (Wildman–Crippen MR) is 118 cm³/mol. The fourth-order valence-corrected chi connectivity index (χ4v) is 3.92. The van der Waals surface area contributed by atoms with E-state index >= 15 is 0 Å². The number of anilines is 1. The number of amides is 2. The standard InChI is InChI=1S/C21H21Cl2F3N4O3/c22-13-2-1-12(17(23)7-13)10-30-6-5-14(11-30)29-19(31)9-28-20(32)16-8-15(3-4-18(16)27)33-21(24,25)26/h1-4,7-8,14H,5-6,9-11,27H2,(H,28,32)(H,29,31)/t14-/m1/s1. The number of nitrogens with zero attached hydrogens (tertiary/aromatic N) is 1. The van der Waals surface area contributed by atoms with Gasteiger partial charge in [-0.1, -0.05) is 29.3 Å². The molecule has 0 radical (unpaired) electrons. The largest absolute Gasteiger partial charge is 0.573 e. The zero-order valence-electron chi connectivity index (χ0n) is 17.2. The van der Waals surface area contributed by atoms with Crippen LogP contribution in [0.5, 0.6) is 5.75 Å². The molecule has 0 bridgehead atoms. The number of carbonyl (C=O) groups is 2. The van der Waals surface area contributed by atoms with Crippen LogP contribution in [0.1, 0.15) is 22.3 Å². The molecule has 1 fully saturated rings. The summed E-state index contributed by atoms with van der Waals surface area (Å²) in [5.74, 6) is -1.81. The molecule has 0 spiro atoms. The van der Waals surface area contributed by atoms with Crippen LogP contribution < -0.4 is 21.1 Å². The van der Waals surface area contributed by atoms with Crippen molar-refractivity contribution in [3.63, 3.8) is 0 Å². The molecular formula is C21H21Cl2F3N4O3. The molecule has 1 aliphatic heterocycles. The number of carbonyl (C=O) groups excluding carboxylic acids is 2. The Morgan fingerprint density at radius 2 is 1.94 bits per heavy atom. The van der Waals surface area contributed by atoms with Crippen LogP contribution in [0.2, 0.25) is 10.0 Å². The predicted octanol–water partition coefficient (Wildman–Crippen LogP) is 3.59. The van der Waals surface area contributed by atoms with E-state index in [9.17, 15) is 22.8 Å². The Hall–Kier alpha value is -2.69. The molecule has 178 valence electrons. The van der Waals surface area contributed by atoms with Crippen molar-refractivity contribution < 1.29 is 27.5 Å². The molecular weight excluding hydrogens is 484 g/mol. The fraction of sp³-hybridized carbons (Fsp3) is 0.333. The maximum Gasteiger partial charge on any atom is 0.573 e. The molecule has 1 aliphatic rings. The molecule has 12 heteroatoms. The Morgan fingerprint density at radius 3 is 2.64 bits per heavy atom. The van der Waals surface area contributed by atoms with Gasteiger partial charge in [0.15, 0.2) is 0 Å². The first-order chi connectivity index (χ1) is 15.5. The third-order valence-electron chi connectivity index (χ3n) is 4.96. The van der Waals surface area contributed by atoms with Gasteiger partial charge in [-0.25, -0.2) is 0 Å². The minimum Gasteiger partial charge on any atom is -0.406 e. The van der Waals surface area contributed by atoms with E-state index in [4.69, 9.17) is 28.9 Å². The van der Waals surface area contributed by atoms with E-state index in [0.717, 1.165) is 30.3 Å². The summed E-state index contributed by atoms with van der Waals surface area (Å²) in [6.45, 7) is 1.60. The lowest BCUT2D eigenvalue weighted by Crippen LogP contribution is -2.43. The summed E-state index contributed by atoms with van der Waals surface area (Å²) in [5, 5.41) is 6.31. The number of nitrogens with two attached hydrogens (primary N) is 1. The van der Waals surface area contributed by atoms with Gasteiger partial charge in [-0.15, -0.1) is 13.2 Å². The molecule has 4 N–H and O–H groups in total. The maximum atomic E-state index is 12.4. The second kappa shape index (κ2) is 10.5. The van der Waals surface area contributed by atoms with E-state index in [1.165, 1.54) is 0 Å². The van der Waals surface area contributed by atoms with E-state index in [0.29, 0.717) is 29.6 Å². The van der Waals surface area contributed by atoms with Crippen LogP contribution in [0.3, 0.4) is 0 Å². The van der Waals surface area contributed by atoms with Gasteiger partial charge in [0.25, 0.3) is 5.91 Å². The van der Waals surface area contributed by atoms with Crippen LogP contribution in [0.4, 0.5) is 18.9 Å². The van der Waals surface area contributed by atoms with Gasteiger partial charge in [-0.05, 0) is 42.3 Å². The molecule has 2 aromatic carbocycles. The smallest absolute Gasteiger partial charge is 0.406 e. The lowest BCUT2D eigenvalue weighted by Gasteiger charge is -2.18. The van der Waals surface area contributed by atoms with Crippen molar-refractivity contribution in [1.29, 1.82) is 0 Å². The van der Waals surface area contributed by atoms with Gasteiger partial charge in [0.1, 0.15) is 5.75 Å². The molecule has 7 nitrogen and oxygen atoms in total. The zero-order chi connectivity index (χ0) is 24.2. The van der Waals surface area contributed by atoms with Crippen LogP contribution >= 0.6 is 23.2 Å². The number of nitrogens with one attached hydrogen (secondary N) is 2. The SMILES string of the molecule is Nc1ccc(OC(F)(F)F)cc1C(=O)NCC(=O)N[C@@H]1CCN(Cc2ccc(Cl)cc2Cl)C1. The highest BCUT2D eigenvalue weighted by atomic mass is 35.5. The summed E-state index contributed by atoms with van der Waals surface area (Å²) >= 11 is 12.1. The van der Waals surface area contributed by atoms with E-state index in [2.05, 4.69) is 20.3 Å². The number of rotatable bonds is 7. The summed E-state index contributed by atoms with van der Waals surface area (Å²) in [6.07, 6.45) is -4.19. The summed E-state index contributed by atoms with van der Waals surface area (Å²) in [5.41, 5.74) is 6.32. The number of ether oxygens (including phenoxy) is 1. The minimum absolute atomic E-state index is 0.0465. The maximum absolute atomic E-state index is 12.4. The van der Waals surface area contributed by atoms with Gasteiger partial charge < -0.3 is 21.1 Å². The summed E-state index contributed by atoms with van der Waals surface area (Å²) in [7, 11) is 0. The first-order valence-electron chi connectivity index (χ1n) is 9.89. The van der Waals surface area contributed by atoms with Crippen molar-refractivity contribution in [3.8, 4) is 5.75 Å². The van der Waals surface area contributed by atoms with Crippen molar-refractivity contribution in [3.05, 3.63) is 57.6 Å². The molecule has 33 heavy (non-hydrogen) atoms. The molecule has 0 unspecified atom stereocenters. The Labute approximate surface area is 198 Å². The monoisotopic (exact) mass is 504 g/mol. The van der Waals surface area contributed by atoms with Gasteiger partial charge >= 0.3 is 6.36 Å². The van der Waals surface area contributed by atoms with Crippen LogP contribution in [0, 0.1) is 0 Å². The van der Waals surface area contributed by atoms with E-state index in [-0.39, 0.29) is 23.8 Å². The Morgan fingerprint density at radius 1 is 1.18 bits per heavy atom. The van der Waals surface area contributed by atoms with Crippen LogP contribution in [-0.4, -0.2) is 48.8 Å². The first kappa shape index (κ1) is 24.9. The van der Waals surface area contributed by atoms with Crippen molar-refractivity contribution in [2.75, 3.05) is 25.4 Å². The molecule has 0 aromatic heterocycles. The number of benzene rings is 2. The average Bonchev–Trinajstić information content (AvgIpc) is 3.15. The summed E-state index contributed by atoms with van der Waals surface area (Å²) < 4.78 is 40.9. The number of halogens is 5. The lowest BCUT2D eigenvalue weighted by molar-refractivity contribution is -0.274. The Bertz CT molecular complexity index is 1040. The molecule has 0 aliphatic carbocycles. The number of alkyl halides is 3. The molecule has 3 rings (SSSR count). The highest BCUT2D eigenvalue weighted by molar-refractivity contribution is 6.35. The van der Waals surface area contributed by atoms with Gasteiger partial charge in [-0.2, -0.15) is 0 Å².